The molecule has 0 N–H and O–H groups in total. The van der Waals surface area contributed by atoms with Crippen molar-refractivity contribution in [2.24, 2.45) is 5.41 Å². The van der Waals surface area contributed by atoms with Crippen molar-refractivity contribution in [1.82, 2.24) is 9.96 Å². The van der Waals surface area contributed by atoms with Gasteiger partial charge in [0.05, 0.1) is 12.5 Å². The van der Waals surface area contributed by atoms with Crippen LogP contribution in [0.3, 0.4) is 0 Å². The monoisotopic (exact) mass is 348 g/mol. The molecule has 2 aliphatic rings. The molecule has 0 bridgehead atoms. The van der Waals surface area contributed by atoms with E-state index < -0.39 is 5.41 Å². The summed E-state index contributed by atoms with van der Waals surface area (Å²) in [5.41, 5.74) is 0.426. The molecule has 0 radical (unpaired) electrons. The Bertz CT molecular complexity index is 641. The minimum atomic E-state index is -0.525. The van der Waals surface area contributed by atoms with Gasteiger partial charge in [-0.25, -0.2) is 4.79 Å². The van der Waals surface area contributed by atoms with Gasteiger partial charge in [-0.15, -0.1) is 0 Å². The van der Waals surface area contributed by atoms with Gasteiger partial charge in [0.15, 0.2) is 0 Å². The summed E-state index contributed by atoms with van der Waals surface area (Å²) in [6.45, 7) is 1.22. The van der Waals surface area contributed by atoms with Crippen molar-refractivity contribution in [3.63, 3.8) is 0 Å². The van der Waals surface area contributed by atoms with E-state index in [-0.39, 0.29) is 18.6 Å². The van der Waals surface area contributed by atoms with Crippen LogP contribution in [0.15, 0.2) is 30.3 Å². The summed E-state index contributed by atoms with van der Waals surface area (Å²) in [5.74, 6) is -0.0905. The molecule has 3 rings (SSSR count). The number of benzene rings is 1. The number of hydrogen-bond acceptors (Lipinski definition) is 5. The normalized spacial score (nSPS) is 19.9. The van der Waals surface area contributed by atoms with E-state index >= 15 is 0 Å². The van der Waals surface area contributed by atoms with Crippen LogP contribution >= 0.6 is 12.2 Å². The molecule has 0 aromatic heterocycles. The summed E-state index contributed by atoms with van der Waals surface area (Å²) in [6.07, 6.45) is 1.32. The first kappa shape index (κ1) is 16.9. The molecule has 0 atom stereocenters. The summed E-state index contributed by atoms with van der Waals surface area (Å²) in [7, 11) is 1.44. The van der Waals surface area contributed by atoms with Crippen molar-refractivity contribution in [1.29, 1.82) is 0 Å². The largest absolute Gasteiger partial charge is 0.445 e. The molecule has 2 aliphatic heterocycles. The Morgan fingerprint density at radius 2 is 1.92 bits per heavy atom. The molecular weight excluding hydrogens is 328 g/mol. The van der Waals surface area contributed by atoms with Crippen LogP contribution in [0.25, 0.3) is 0 Å². The predicted octanol–water partition coefficient (Wildman–Crippen LogP) is 2.53. The molecule has 1 aromatic carbocycles. The summed E-state index contributed by atoms with van der Waals surface area (Å²) in [6, 6.07) is 9.56. The van der Waals surface area contributed by atoms with Crippen LogP contribution < -0.4 is 0 Å². The Kier molecular flexibility index (Phi) is 4.82. The molecule has 1 aromatic rings. The van der Waals surface area contributed by atoms with Crippen molar-refractivity contribution in [2.45, 2.75) is 25.9 Å². The zero-order valence-corrected chi connectivity index (χ0v) is 14.4. The second kappa shape index (κ2) is 6.86. The number of carbonyl (C=O) groups is 2. The fourth-order valence-electron chi connectivity index (χ4n) is 3.27. The van der Waals surface area contributed by atoms with Crippen LogP contribution in [-0.4, -0.2) is 47.2 Å². The number of hydroxylamine groups is 2. The number of carbonyl (C=O) groups excluding carboxylic acids is 2. The second-order valence-electron chi connectivity index (χ2n) is 6.16. The second-order valence-corrected chi connectivity index (χ2v) is 6.63. The van der Waals surface area contributed by atoms with Crippen molar-refractivity contribution in [2.75, 3.05) is 20.2 Å². The maximum atomic E-state index is 12.5. The molecule has 0 aliphatic carbocycles. The molecule has 2 amide bonds. The average molecular weight is 348 g/mol. The van der Waals surface area contributed by atoms with E-state index in [9.17, 15) is 9.59 Å². The van der Waals surface area contributed by atoms with Gasteiger partial charge >= 0.3 is 6.09 Å². The fraction of sp³-hybridized carbons (Fsp3) is 0.471. The minimum Gasteiger partial charge on any atom is -0.445 e. The van der Waals surface area contributed by atoms with Crippen molar-refractivity contribution in [3.05, 3.63) is 35.9 Å². The van der Waals surface area contributed by atoms with Gasteiger partial charge in [-0.2, -0.15) is 5.06 Å². The van der Waals surface area contributed by atoms with E-state index in [2.05, 4.69) is 0 Å². The number of rotatable bonds is 3. The highest BCUT2D eigenvalue weighted by Crippen LogP contribution is 2.42. The molecule has 2 fully saturated rings. The van der Waals surface area contributed by atoms with E-state index in [1.807, 2.05) is 30.3 Å². The van der Waals surface area contributed by atoms with Crippen LogP contribution in [0.1, 0.15) is 24.8 Å². The zero-order valence-electron chi connectivity index (χ0n) is 13.6. The lowest BCUT2D eigenvalue weighted by Crippen LogP contribution is -2.46. The number of nitrogens with zero attached hydrogens (tertiary/aromatic N) is 2. The standard InChI is InChI=1S/C17H20N2O4S/c1-22-19-14(24)11-17(15(19)20)7-9-18(10-8-17)16(21)23-12-13-5-3-2-4-6-13/h2-6H,7-12H2,1H3. The fourth-order valence-corrected chi connectivity index (χ4v) is 3.70. The lowest BCUT2D eigenvalue weighted by molar-refractivity contribution is -0.163. The maximum Gasteiger partial charge on any atom is 0.410 e. The third kappa shape index (κ3) is 3.14. The highest BCUT2D eigenvalue weighted by Gasteiger charge is 2.52. The maximum absolute atomic E-state index is 12.5. The van der Waals surface area contributed by atoms with Gasteiger partial charge in [-0.05, 0) is 18.4 Å². The number of piperidine rings is 1. The van der Waals surface area contributed by atoms with Gasteiger partial charge in [-0.3, -0.25) is 9.63 Å². The Labute approximate surface area is 146 Å². The lowest BCUT2D eigenvalue weighted by atomic mass is 9.77. The van der Waals surface area contributed by atoms with Crippen LogP contribution in [0, 0.1) is 5.41 Å². The molecule has 7 heteroatoms. The van der Waals surface area contributed by atoms with E-state index in [0.717, 1.165) is 5.56 Å². The van der Waals surface area contributed by atoms with E-state index in [4.69, 9.17) is 21.8 Å². The molecule has 128 valence electrons. The molecule has 6 nitrogen and oxygen atoms in total. The third-order valence-electron chi connectivity index (χ3n) is 4.72. The molecule has 24 heavy (non-hydrogen) atoms. The first-order valence-corrected chi connectivity index (χ1v) is 8.34. The summed E-state index contributed by atoms with van der Waals surface area (Å²) in [4.78, 5) is 31.9. The Morgan fingerprint density at radius 1 is 1.25 bits per heavy atom. The van der Waals surface area contributed by atoms with Gasteiger partial charge in [0.25, 0.3) is 5.91 Å². The number of thiocarbonyl (C=S) groups is 1. The summed E-state index contributed by atoms with van der Waals surface area (Å²) < 4.78 is 5.35. The lowest BCUT2D eigenvalue weighted by Gasteiger charge is -2.36. The Hall–Kier alpha value is -1.99. The van der Waals surface area contributed by atoms with Gasteiger partial charge in [0, 0.05) is 19.5 Å². The topological polar surface area (TPSA) is 59.1 Å². The summed E-state index contributed by atoms with van der Waals surface area (Å²) >= 11 is 5.22. The zero-order chi connectivity index (χ0) is 17.2. The highest BCUT2D eigenvalue weighted by molar-refractivity contribution is 7.80. The Morgan fingerprint density at radius 3 is 2.50 bits per heavy atom. The SMILES string of the molecule is CON1C(=O)C2(CCN(C(=O)OCc3ccccc3)CC2)CC1=S. The van der Waals surface area contributed by atoms with Gasteiger partial charge in [-0.1, -0.05) is 42.5 Å². The van der Waals surface area contributed by atoms with Gasteiger partial charge in [0.2, 0.25) is 0 Å². The van der Waals surface area contributed by atoms with Crippen LogP contribution in [-0.2, 0) is 21.0 Å². The number of ether oxygens (including phenoxy) is 1. The van der Waals surface area contributed by atoms with Crippen molar-refractivity contribution >= 4 is 29.2 Å². The molecule has 0 unspecified atom stereocenters. The van der Waals surface area contributed by atoms with Gasteiger partial charge in [0.1, 0.15) is 11.6 Å². The number of hydrogen-bond donors (Lipinski definition) is 0. The first-order valence-electron chi connectivity index (χ1n) is 7.93. The Balaban J connectivity index is 1.54. The third-order valence-corrected chi connectivity index (χ3v) is 5.03. The molecular formula is C17H20N2O4S. The van der Waals surface area contributed by atoms with E-state index in [1.54, 1.807) is 4.90 Å². The minimum absolute atomic E-state index is 0.0905. The number of likely N-dealkylation sites (tertiary alicyclic amines) is 1. The smallest absolute Gasteiger partial charge is 0.410 e. The molecule has 0 saturated carbocycles. The highest BCUT2D eigenvalue weighted by atomic mass is 32.1. The molecule has 1 spiro atoms. The van der Waals surface area contributed by atoms with Gasteiger partial charge < -0.3 is 9.64 Å². The number of amides is 2. The summed E-state index contributed by atoms with van der Waals surface area (Å²) in [5, 5.41) is 1.21. The molecule has 2 heterocycles. The molecule has 2 saturated heterocycles. The van der Waals surface area contributed by atoms with E-state index in [0.29, 0.717) is 37.3 Å². The van der Waals surface area contributed by atoms with Crippen LogP contribution in [0.2, 0.25) is 0 Å². The van der Waals surface area contributed by atoms with Crippen molar-refractivity contribution < 1.29 is 19.2 Å². The quantitative estimate of drug-likeness (QED) is 0.786. The van der Waals surface area contributed by atoms with E-state index in [1.165, 1.54) is 12.2 Å². The first-order chi connectivity index (χ1) is 11.6. The van der Waals surface area contributed by atoms with Crippen LogP contribution in [0.4, 0.5) is 4.79 Å². The average Bonchev–Trinajstić information content (AvgIpc) is 2.84. The van der Waals surface area contributed by atoms with Crippen LogP contribution in [0.5, 0.6) is 0 Å². The predicted molar refractivity (Wildman–Crippen MR) is 90.9 cm³/mol. The van der Waals surface area contributed by atoms with Crippen molar-refractivity contribution in [3.8, 4) is 0 Å².